The summed E-state index contributed by atoms with van der Waals surface area (Å²) in [4.78, 5) is 23.9. The van der Waals surface area contributed by atoms with Gasteiger partial charge >= 0.3 is 5.97 Å². The normalized spacial score (nSPS) is 11.7. The molecule has 0 radical (unpaired) electrons. The average Bonchev–Trinajstić information content (AvgIpc) is 2.95. The molecule has 2 N–H and O–H groups in total. The molecule has 0 saturated carbocycles. The quantitative estimate of drug-likeness (QED) is 0.626. The number of hydrogen-bond acceptors (Lipinski definition) is 4. The van der Waals surface area contributed by atoms with E-state index in [9.17, 15) is 9.59 Å². The Bertz CT molecular complexity index is 1060. The Morgan fingerprint density at radius 3 is 2.52 bits per heavy atom. The van der Waals surface area contributed by atoms with Gasteiger partial charge < -0.3 is 15.2 Å². The molecule has 2 aromatic carbocycles. The third kappa shape index (κ3) is 4.57. The number of aryl methyl sites for hydroxylation is 2. The number of hydrogen-bond donors (Lipinski definition) is 2. The second-order valence-corrected chi connectivity index (χ2v) is 7.01. The SMILES string of the molecule is Cc1nn(C)c(Oc2cccc(Cl)c2)c1C(=O)NC(C)c1ccc(C(=O)O)cc1. The Kier molecular flexibility index (Phi) is 5.89. The van der Waals surface area contributed by atoms with Gasteiger partial charge in [0, 0.05) is 12.1 Å². The number of amides is 1. The zero-order valence-corrected chi connectivity index (χ0v) is 16.9. The third-order valence-corrected chi connectivity index (χ3v) is 4.65. The molecule has 150 valence electrons. The lowest BCUT2D eigenvalue weighted by Gasteiger charge is -2.15. The van der Waals surface area contributed by atoms with E-state index in [-0.39, 0.29) is 17.5 Å². The van der Waals surface area contributed by atoms with Gasteiger partial charge in [-0.3, -0.25) is 4.79 Å². The minimum atomic E-state index is -0.998. The molecule has 1 aromatic heterocycles. The van der Waals surface area contributed by atoms with E-state index in [4.69, 9.17) is 21.4 Å². The van der Waals surface area contributed by atoms with Crippen molar-refractivity contribution in [1.29, 1.82) is 0 Å². The number of aromatic nitrogens is 2. The summed E-state index contributed by atoms with van der Waals surface area (Å²) in [5.74, 6) is -0.549. The summed E-state index contributed by atoms with van der Waals surface area (Å²) < 4.78 is 7.38. The fourth-order valence-corrected chi connectivity index (χ4v) is 3.10. The molecule has 0 bridgehead atoms. The van der Waals surface area contributed by atoms with Gasteiger partial charge in [0.05, 0.1) is 17.3 Å². The standard InChI is InChI=1S/C21H20ClN3O4/c1-12(14-7-9-15(10-8-14)21(27)28)23-19(26)18-13(2)24-25(3)20(18)29-17-6-4-5-16(22)11-17/h4-12H,1-3H3,(H,23,26)(H,27,28). The predicted molar refractivity (Wildman–Crippen MR) is 109 cm³/mol. The number of carbonyl (C=O) groups is 2. The lowest BCUT2D eigenvalue weighted by Crippen LogP contribution is -2.27. The Morgan fingerprint density at radius 2 is 1.90 bits per heavy atom. The lowest BCUT2D eigenvalue weighted by atomic mass is 10.1. The number of benzene rings is 2. The third-order valence-electron chi connectivity index (χ3n) is 4.41. The van der Waals surface area contributed by atoms with Gasteiger partial charge in [-0.25, -0.2) is 9.48 Å². The molecule has 0 spiro atoms. The number of ether oxygens (including phenoxy) is 1. The molecule has 1 unspecified atom stereocenters. The van der Waals surface area contributed by atoms with E-state index >= 15 is 0 Å². The van der Waals surface area contributed by atoms with Crippen LogP contribution >= 0.6 is 11.6 Å². The fourth-order valence-electron chi connectivity index (χ4n) is 2.92. The van der Waals surface area contributed by atoms with Crippen LogP contribution in [0.4, 0.5) is 0 Å². The van der Waals surface area contributed by atoms with Crippen LogP contribution < -0.4 is 10.1 Å². The predicted octanol–water partition coefficient (Wildman–Crippen LogP) is 4.36. The Hall–Kier alpha value is -3.32. The summed E-state index contributed by atoms with van der Waals surface area (Å²) in [6, 6.07) is 12.9. The fraction of sp³-hybridized carbons (Fsp3) is 0.190. The van der Waals surface area contributed by atoms with Gasteiger partial charge in [0.1, 0.15) is 11.3 Å². The van der Waals surface area contributed by atoms with Crippen molar-refractivity contribution >= 4 is 23.5 Å². The molecule has 8 heteroatoms. The minimum absolute atomic E-state index is 0.188. The van der Waals surface area contributed by atoms with Gasteiger partial charge in [-0.15, -0.1) is 0 Å². The highest BCUT2D eigenvalue weighted by molar-refractivity contribution is 6.30. The van der Waals surface area contributed by atoms with Crippen LogP contribution in [0.5, 0.6) is 11.6 Å². The zero-order chi connectivity index (χ0) is 21.1. The summed E-state index contributed by atoms with van der Waals surface area (Å²) >= 11 is 6.01. The molecule has 1 heterocycles. The highest BCUT2D eigenvalue weighted by Crippen LogP contribution is 2.29. The van der Waals surface area contributed by atoms with Crippen molar-refractivity contribution in [3.63, 3.8) is 0 Å². The molecule has 7 nitrogen and oxygen atoms in total. The number of nitrogens with one attached hydrogen (secondary N) is 1. The van der Waals surface area contributed by atoms with E-state index in [0.29, 0.717) is 27.9 Å². The van der Waals surface area contributed by atoms with Gasteiger partial charge in [0.25, 0.3) is 5.91 Å². The van der Waals surface area contributed by atoms with Crippen LogP contribution in [0, 0.1) is 6.92 Å². The van der Waals surface area contributed by atoms with Crippen molar-refractivity contribution < 1.29 is 19.4 Å². The number of carbonyl (C=O) groups excluding carboxylic acids is 1. The van der Waals surface area contributed by atoms with Crippen LogP contribution in [0.3, 0.4) is 0 Å². The summed E-state index contributed by atoms with van der Waals surface area (Å²) in [7, 11) is 1.69. The first-order valence-electron chi connectivity index (χ1n) is 8.87. The highest BCUT2D eigenvalue weighted by Gasteiger charge is 2.24. The average molecular weight is 414 g/mol. The molecule has 0 aliphatic carbocycles. The molecular formula is C21H20ClN3O4. The molecule has 1 atom stereocenters. The van der Waals surface area contributed by atoms with Crippen LogP contribution in [0.2, 0.25) is 5.02 Å². The first kappa shape index (κ1) is 20.4. The van der Waals surface area contributed by atoms with E-state index in [1.54, 1.807) is 50.4 Å². The summed E-state index contributed by atoms with van der Waals surface area (Å²) in [5.41, 5.74) is 1.81. The number of carboxylic acid groups (broad SMARTS) is 1. The number of aromatic carboxylic acids is 1. The molecule has 0 saturated heterocycles. The largest absolute Gasteiger partial charge is 0.478 e. The minimum Gasteiger partial charge on any atom is -0.478 e. The number of carboxylic acids is 1. The van der Waals surface area contributed by atoms with Crippen molar-refractivity contribution in [2.24, 2.45) is 7.05 Å². The Balaban J connectivity index is 1.82. The van der Waals surface area contributed by atoms with Crippen molar-refractivity contribution in [2.45, 2.75) is 19.9 Å². The van der Waals surface area contributed by atoms with E-state index in [1.165, 1.54) is 16.8 Å². The van der Waals surface area contributed by atoms with Gasteiger partial charge in [-0.05, 0) is 49.7 Å². The maximum absolute atomic E-state index is 13.0. The van der Waals surface area contributed by atoms with Crippen LogP contribution in [0.1, 0.15) is 44.9 Å². The Morgan fingerprint density at radius 1 is 1.21 bits per heavy atom. The zero-order valence-electron chi connectivity index (χ0n) is 16.1. The van der Waals surface area contributed by atoms with Gasteiger partial charge in [-0.1, -0.05) is 29.8 Å². The van der Waals surface area contributed by atoms with Crippen molar-refractivity contribution in [3.05, 3.63) is 75.9 Å². The molecule has 0 fully saturated rings. The molecule has 29 heavy (non-hydrogen) atoms. The van der Waals surface area contributed by atoms with Crippen LogP contribution in [-0.2, 0) is 7.05 Å². The second-order valence-electron chi connectivity index (χ2n) is 6.57. The maximum atomic E-state index is 13.0. The first-order chi connectivity index (χ1) is 13.8. The van der Waals surface area contributed by atoms with Gasteiger partial charge in [0.2, 0.25) is 5.88 Å². The molecule has 3 rings (SSSR count). The van der Waals surface area contributed by atoms with Gasteiger partial charge in [0.15, 0.2) is 0 Å². The number of halogens is 1. The topological polar surface area (TPSA) is 93.5 Å². The molecule has 3 aromatic rings. The van der Waals surface area contributed by atoms with Crippen LogP contribution in [0.15, 0.2) is 48.5 Å². The summed E-state index contributed by atoms with van der Waals surface area (Å²) in [6.07, 6.45) is 0. The van der Waals surface area contributed by atoms with E-state index in [0.717, 1.165) is 5.56 Å². The molecular weight excluding hydrogens is 394 g/mol. The van der Waals surface area contributed by atoms with Crippen molar-refractivity contribution in [3.8, 4) is 11.6 Å². The number of rotatable bonds is 6. The first-order valence-corrected chi connectivity index (χ1v) is 9.25. The lowest BCUT2D eigenvalue weighted by molar-refractivity contribution is 0.0696. The Labute approximate surface area is 172 Å². The van der Waals surface area contributed by atoms with E-state index < -0.39 is 5.97 Å². The maximum Gasteiger partial charge on any atom is 0.335 e. The second kappa shape index (κ2) is 8.36. The monoisotopic (exact) mass is 413 g/mol. The highest BCUT2D eigenvalue weighted by atomic mass is 35.5. The van der Waals surface area contributed by atoms with Crippen molar-refractivity contribution in [1.82, 2.24) is 15.1 Å². The van der Waals surface area contributed by atoms with Crippen LogP contribution in [-0.4, -0.2) is 26.8 Å². The molecule has 1 amide bonds. The smallest absolute Gasteiger partial charge is 0.335 e. The van der Waals surface area contributed by atoms with Crippen molar-refractivity contribution in [2.75, 3.05) is 0 Å². The van der Waals surface area contributed by atoms with Crippen LogP contribution in [0.25, 0.3) is 0 Å². The van der Waals surface area contributed by atoms with Gasteiger partial charge in [-0.2, -0.15) is 5.10 Å². The molecule has 0 aliphatic rings. The van der Waals surface area contributed by atoms with E-state index in [1.807, 2.05) is 6.92 Å². The molecule has 0 aliphatic heterocycles. The van der Waals surface area contributed by atoms with E-state index in [2.05, 4.69) is 10.4 Å². The summed E-state index contributed by atoms with van der Waals surface area (Å²) in [5, 5.41) is 16.7. The summed E-state index contributed by atoms with van der Waals surface area (Å²) in [6.45, 7) is 3.54. The number of nitrogens with zero attached hydrogens (tertiary/aromatic N) is 2.